The quantitative estimate of drug-likeness (QED) is 0.775. The fraction of sp³-hybridized carbons (Fsp3) is 0.917. The predicted octanol–water partition coefficient (Wildman–Crippen LogP) is 0.953. The summed E-state index contributed by atoms with van der Waals surface area (Å²) in [5.74, 6) is 0.131. The number of amides is 1. The Kier molecular flexibility index (Phi) is 4.77. The second-order valence-corrected chi connectivity index (χ2v) is 5.64. The molecule has 1 amide bonds. The lowest BCUT2D eigenvalue weighted by atomic mass is 10.0. The molecule has 0 aromatic carbocycles. The summed E-state index contributed by atoms with van der Waals surface area (Å²) in [5.41, 5.74) is 4.95. The number of carbonyl (C=O) groups is 1. The van der Waals surface area contributed by atoms with Crippen LogP contribution in [0.1, 0.15) is 33.6 Å². The van der Waals surface area contributed by atoms with E-state index in [9.17, 15) is 9.90 Å². The predicted molar refractivity (Wildman–Crippen MR) is 65.6 cm³/mol. The number of rotatable bonds is 3. The first-order valence-corrected chi connectivity index (χ1v) is 6.19. The second-order valence-electron chi connectivity index (χ2n) is 5.64. The number of nitrogens with two attached hydrogens (primary N) is 1. The number of β-amino-alcohol motifs (C(OH)–C–C–N with tert-alkyl or cyclic N) is 1. The number of likely N-dealkylation sites (tertiary alicyclic amines) is 1. The van der Waals surface area contributed by atoms with E-state index in [1.54, 1.807) is 4.90 Å². The Balaban J connectivity index is 2.45. The van der Waals surface area contributed by atoms with E-state index in [1.165, 1.54) is 0 Å². The molecule has 0 bridgehead atoms. The third kappa shape index (κ3) is 4.52. The van der Waals surface area contributed by atoms with Gasteiger partial charge < -0.3 is 20.5 Å². The van der Waals surface area contributed by atoms with Gasteiger partial charge in [0, 0.05) is 12.5 Å². The van der Waals surface area contributed by atoms with Crippen LogP contribution in [0, 0.1) is 5.92 Å². The monoisotopic (exact) mass is 244 g/mol. The van der Waals surface area contributed by atoms with Crippen molar-refractivity contribution < 1.29 is 14.6 Å². The zero-order valence-electron chi connectivity index (χ0n) is 11.0. The minimum Gasteiger partial charge on any atom is -0.444 e. The van der Waals surface area contributed by atoms with Crippen molar-refractivity contribution in [2.45, 2.75) is 45.3 Å². The van der Waals surface area contributed by atoms with Gasteiger partial charge in [0.2, 0.25) is 0 Å². The van der Waals surface area contributed by atoms with Crippen LogP contribution in [-0.4, -0.2) is 47.4 Å². The van der Waals surface area contributed by atoms with Gasteiger partial charge in [0.05, 0.1) is 12.6 Å². The zero-order chi connectivity index (χ0) is 13.1. The Labute approximate surface area is 103 Å². The summed E-state index contributed by atoms with van der Waals surface area (Å²) < 4.78 is 5.27. The average molecular weight is 244 g/mol. The fourth-order valence-electron chi connectivity index (χ4n) is 1.99. The van der Waals surface area contributed by atoms with Crippen molar-refractivity contribution in [3.05, 3.63) is 0 Å². The summed E-state index contributed by atoms with van der Waals surface area (Å²) in [4.78, 5) is 13.4. The number of aliphatic hydroxyl groups is 1. The Hall–Kier alpha value is -0.810. The Morgan fingerprint density at radius 3 is 2.65 bits per heavy atom. The van der Waals surface area contributed by atoms with Crippen molar-refractivity contribution in [3.63, 3.8) is 0 Å². The molecule has 1 fully saturated rings. The van der Waals surface area contributed by atoms with Crippen LogP contribution in [0.25, 0.3) is 0 Å². The first-order valence-electron chi connectivity index (χ1n) is 6.19. The van der Waals surface area contributed by atoms with Crippen molar-refractivity contribution in [2.24, 2.45) is 11.7 Å². The van der Waals surface area contributed by atoms with Gasteiger partial charge in [-0.05, 0) is 40.2 Å². The SMILES string of the molecule is CC(C)(C)OC(=O)N1CC(O)C(CCCN)C1. The van der Waals surface area contributed by atoms with Crippen LogP contribution in [0.15, 0.2) is 0 Å². The van der Waals surface area contributed by atoms with Crippen LogP contribution < -0.4 is 5.73 Å². The molecule has 3 N–H and O–H groups in total. The van der Waals surface area contributed by atoms with Gasteiger partial charge in [0.15, 0.2) is 0 Å². The van der Waals surface area contributed by atoms with Gasteiger partial charge in [-0.1, -0.05) is 0 Å². The number of ether oxygens (including phenoxy) is 1. The first kappa shape index (κ1) is 14.3. The van der Waals surface area contributed by atoms with Crippen molar-refractivity contribution in [3.8, 4) is 0 Å². The van der Waals surface area contributed by atoms with E-state index in [4.69, 9.17) is 10.5 Å². The molecule has 1 aliphatic rings. The van der Waals surface area contributed by atoms with Crippen LogP contribution in [0.5, 0.6) is 0 Å². The minimum atomic E-state index is -0.489. The van der Waals surface area contributed by atoms with Gasteiger partial charge in [0.25, 0.3) is 0 Å². The standard InChI is InChI=1S/C12H24N2O3/c1-12(2,3)17-11(16)14-7-9(5-4-6-13)10(15)8-14/h9-10,15H,4-8,13H2,1-3H3. The molecule has 1 rings (SSSR count). The average Bonchev–Trinajstić information content (AvgIpc) is 2.54. The Morgan fingerprint density at radius 1 is 1.47 bits per heavy atom. The number of hydrogen-bond donors (Lipinski definition) is 2. The molecule has 0 saturated carbocycles. The zero-order valence-corrected chi connectivity index (χ0v) is 11.0. The van der Waals surface area contributed by atoms with E-state index >= 15 is 0 Å². The van der Waals surface area contributed by atoms with Gasteiger partial charge in [0.1, 0.15) is 5.60 Å². The number of nitrogens with zero attached hydrogens (tertiary/aromatic N) is 1. The molecule has 1 saturated heterocycles. The molecule has 5 heteroatoms. The van der Waals surface area contributed by atoms with E-state index < -0.39 is 11.7 Å². The van der Waals surface area contributed by atoms with Crippen molar-refractivity contribution in [1.29, 1.82) is 0 Å². The largest absolute Gasteiger partial charge is 0.444 e. The molecule has 0 spiro atoms. The maximum absolute atomic E-state index is 11.8. The third-order valence-electron chi connectivity index (χ3n) is 2.84. The van der Waals surface area contributed by atoms with Gasteiger partial charge in [-0.3, -0.25) is 0 Å². The van der Waals surface area contributed by atoms with Crippen LogP contribution in [0.3, 0.4) is 0 Å². The Morgan fingerprint density at radius 2 is 2.12 bits per heavy atom. The molecule has 17 heavy (non-hydrogen) atoms. The lowest BCUT2D eigenvalue weighted by molar-refractivity contribution is 0.0269. The molecule has 2 unspecified atom stereocenters. The molecule has 0 radical (unpaired) electrons. The topological polar surface area (TPSA) is 75.8 Å². The summed E-state index contributed by atoms with van der Waals surface area (Å²) >= 11 is 0. The summed E-state index contributed by atoms with van der Waals surface area (Å²) in [7, 11) is 0. The van der Waals surface area contributed by atoms with E-state index in [2.05, 4.69) is 0 Å². The van der Waals surface area contributed by atoms with Crippen LogP contribution in [0.4, 0.5) is 4.79 Å². The van der Waals surface area contributed by atoms with E-state index in [1.807, 2.05) is 20.8 Å². The van der Waals surface area contributed by atoms with Crippen LogP contribution >= 0.6 is 0 Å². The van der Waals surface area contributed by atoms with Gasteiger partial charge in [-0.25, -0.2) is 4.79 Å². The molecular formula is C12H24N2O3. The normalized spacial score (nSPS) is 25.1. The highest BCUT2D eigenvalue weighted by Crippen LogP contribution is 2.23. The van der Waals surface area contributed by atoms with Crippen LogP contribution in [0.2, 0.25) is 0 Å². The van der Waals surface area contributed by atoms with Crippen molar-refractivity contribution in [1.82, 2.24) is 4.90 Å². The minimum absolute atomic E-state index is 0.131. The number of aliphatic hydroxyl groups excluding tert-OH is 1. The molecule has 2 atom stereocenters. The van der Waals surface area contributed by atoms with E-state index in [0.717, 1.165) is 12.8 Å². The van der Waals surface area contributed by atoms with Crippen molar-refractivity contribution >= 4 is 6.09 Å². The number of hydrogen-bond acceptors (Lipinski definition) is 4. The maximum Gasteiger partial charge on any atom is 0.410 e. The molecule has 1 aliphatic heterocycles. The highest BCUT2D eigenvalue weighted by molar-refractivity contribution is 5.68. The molecule has 100 valence electrons. The second kappa shape index (κ2) is 5.69. The highest BCUT2D eigenvalue weighted by Gasteiger charge is 2.35. The lowest BCUT2D eigenvalue weighted by Crippen LogP contribution is -2.35. The Bertz CT molecular complexity index is 263. The summed E-state index contributed by atoms with van der Waals surface area (Å²) in [6.45, 7) is 7.06. The van der Waals surface area contributed by atoms with Gasteiger partial charge in [-0.2, -0.15) is 0 Å². The molecule has 0 aliphatic carbocycles. The molecule has 5 nitrogen and oxygen atoms in total. The molecule has 0 aromatic heterocycles. The lowest BCUT2D eigenvalue weighted by Gasteiger charge is -2.24. The highest BCUT2D eigenvalue weighted by atomic mass is 16.6. The smallest absolute Gasteiger partial charge is 0.410 e. The maximum atomic E-state index is 11.8. The van der Waals surface area contributed by atoms with Crippen LogP contribution in [-0.2, 0) is 4.74 Å². The molecule has 0 aromatic rings. The third-order valence-corrected chi connectivity index (χ3v) is 2.84. The fourth-order valence-corrected chi connectivity index (χ4v) is 1.99. The van der Waals surface area contributed by atoms with E-state index in [-0.39, 0.29) is 12.0 Å². The van der Waals surface area contributed by atoms with E-state index in [0.29, 0.717) is 19.6 Å². The number of carbonyl (C=O) groups excluding carboxylic acids is 1. The molecule has 1 heterocycles. The summed E-state index contributed by atoms with van der Waals surface area (Å²) in [6.07, 6.45) is 0.946. The van der Waals surface area contributed by atoms with Crippen molar-refractivity contribution in [2.75, 3.05) is 19.6 Å². The first-order chi connectivity index (χ1) is 7.83. The summed E-state index contributed by atoms with van der Waals surface area (Å²) in [5, 5.41) is 9.84. The van der Waals surface area contributed by atoms with Gasteiger partial charge in [-0.15, -0.1) is 0 Å². The summed E-state index contributed by atoms with van der Waals surface area (Å²) in [6, 6.07) is 0. The molecular weight excluding hydrogens is 220 g/mol. The van der Waals surface area contributed by atoms with Gasteiger partial charge >= 0.3 is 6.09 Å².